The molecule has 0 fully saturated rings. The molecule has 2 aromatic heterocycles. The number of amides is 2. The quantitative estimate of drug-likeness (QED) is 0.450. The lowest BCUT2D eigenvalue weighted by molar-refractivity contribution is 0.218. The van der Waals surface area contributed by atoms with Gasteiger partial charge in [-0.15, -0.1) is 11.3 Å². The second-order valence-corrected chi connectivity index (χ2v) is 7.23. The van der Waals surface area contributed by atoms with Gasteiger partial charge >= 0.3 is 6.03 Å². The van der Waals surface area contributed by atoms with E-state index in [4.69, 9.17) is 4.74 Å². The van der Waals surface area contributed by atoms with Crippen molar-refractivity contribution in [2.45, 2.75) is 6.42 Å². The summed E-state index contributed by atoms with van der Waals surface area (Å²) in [4.78, 5) is 20.6. The predicted octanol–water partition coefficient (Wildman–Crippen LogP) is 2.89. The van der Waals surface area contributed by atoms with Crippen LogP contribution in [-0.4, -0.2) is 46.5 Å². The Morgan fingerprint density at radius 2 is 2.21 bits per heavy atom. The highest BCUT2D eigenvalue weighted by Crippen LogP contribution is 2.27. The first-order chi connectivity index (χ1) is 14.1. The lowest BCUT2D eigenvalue weighted by Gasteiger charge is -2.16. The van der Waals surface area contributed by atoms with E-state index < -0.39 is 6.03 Å². The van der Waals surface area contributed by atoms with Crippen molar-refractivity contribution in [2.24, 2.45) is 5.92 Å². The topological polar surface area (TPSA) is 117 Å². The van der Waals surface area contributed by atoms with Gasteiger partial charge in [0, 0.05) is 42.4 Å². The Balaban J connectivity index is 1.51. The molecule has 1 unspecified atom stereocenters. The van der Waals surface area contributed by atoms with E-state index >= 15 is 0 Å². The summed E-state index contributed by atoms with van der Waals surface area (Å²) in [6.45, 7) is 0.172. The molecule has 0 aliphatic rings. The van der Waals surface area contributed by atoms with E-state index in [1.807, 2.05) is 23.6 Å². The molecule has 0 saturated heterocycles. The summed E-state index contributed by atoms with van der Waals surface area (Å²) >= 11 is 1.32. The number of benzene rings is 1. The molecule has 0 aliphatic carbocycles. The maximum absolute atomic E-state index is 12.2. The molecule has 152 valence electrons. The van der Waals surface area contributed by atoms with Crippen molar-refractivity contribution in [3.8, 4) is 22.8 Å². The SMILES string of the molecule is COc1ccc(CC(CO)CNC(=O)Nc2nc(-c3cccnc3)cs2)cc1O. The third-order valence-electron chi connectivity index (χ3n) is 4.26. The Morgan fingerprint density at radius 3 is 2.90 bits per heavy atom. The minimum Gasteiger partial charge on any atom is -0.504 e. The number of hydrogen-bond acceptors (Lipinski definition) is 7. The van der Waals surface area contributed by atoms with E-state index in [0.29, 0.717) is 17.3 Å². The first kappa shape index (κ1) is 20.6. The Kier molecular flexibility index (Phi) is 6.99. The van der Waals surface area contributed by atoms with Gasteiger partial charge in [0.25, 0.3) is 0 Å². The number of carbonyl (C=O) groups is 1. The number of aliphatic hydroxyl groups excluding tert-OH is 1. The number of phenolic OH excluding ortho intramolecular Hbond substituents is 1. The zero-order valence-electron chi connectivity index (χ0n) is 15.8. The monoisotopic (exact) mass is 414 g/mol. The third kappa shape index (κ3) is 5.66. The minimum atomic E-state index is -0.395. The summed E-state index contributed by atoms with van der Waals surface area (Å²) < 4.78 is 5.02. The van der Waals surface area contributed by atoms with E-state index in [1.54, 1.807) is 24.5 Å². The number of carbonyl (C=O) groups excluding carboxylic acids is 1. The number of urea groups is 1. The molecule has 0 radical (unpaired) electrons. The number of phenols is 1. The maximum Gasteiger partial charge on any atom is 0.321 e. The number of hydrogen-bond donors (Lipinski definition) is 4. The average Bonchev–Trinajstić information content (AvgIpc) is 3.20. The molecule has 4 N–H and O–H groups in total. The van der Waals surface area contributed by atoms with Gasteiger partial charge in [-0.05, 0) is 36.2 Å². The number of thiazole rings is 1. The smallest absolute Gasteiger partial charge is 0.321 e. The predicted molar refractivity (Wildman–Crippen MR) is 111 cm³/mol. The summed E-state index contributed by atoms with van der Waals surface area (Å²) in [6.07, 6.45) is 3.89. The number of nitrogens with zero attached hydrogens (tertiary/aromatic N) is 2. The molecule has 3 aromatic rings. The molecule has 0 spiro atoms. The fourth-order valence-electron chi connectivity index (χ4n) is 2.75. The van der Waals surface area contributed by atoms with Crippen molar-refractivity contribution >= 4 is 22.5 Å². The van der Waals surface area contributed by atoms with E-state index in [1.165, 1.54) is 18.4 Å². The van der Waals surface area contributed by atoms with Crippen LogP contribution in [0.3, 0.4) is 0 Å². The van der Waals surface area contributed by atoms with Crippen LogP contribution in [0.1, 0.15) is 5.56 Å². The zero-order chi connectivity index (χ0) is 20.6. The molecule has 9 heteroatoms. The Labute approximate surface area is 172 Å². The average molecular weight is 414 g/mol. The highest BCUT2D eigenvalue weighted by Gasteiger charge is 2.13. The van der Waals surface area contributed by atoms with E-state index in [9.17, 15) is 15.0 Å². The summed E-state index contributed by atoms with van der Waals surface area (Å²) in [5, 5.41) is 27.2. The van der Waals surface area contributed by atoms with Gasteiger partial charge in [-0.2, -0.15) is 0 Å². The van der Waals surface area contributed by atoms with Crippen molar-refractivity contribution in [3.05, 3.63) is 53.7 Å². The molecule has 2 heterocycles. The van der Waals surface area contributed by atoms with Gasteiger partial charge in [0.05, 0.1) is 12.8 Å². The first-order valence-corrected chi connectivity index (χ1v) is 9.84. The van der Waals surface area contributed by atoms with Crippen molar-refractivity contribution in [1.82, 2.24) is 15.3 Å². The van der Waals surface area contributed by atoms with Gasteiger partial charge in [-0.1, -0.05) is 6.07 Å². The molecule has 29 heavy (non-hydrogen) atoms. The molecule has 0 bridgehead atoms. The maximum atomic E-state index is 12.2. The summed E-state index contributed by atoms with van der Waals surface area (Å²) in [6, 6.07) is 8.41. The lowest BCUT2D eigenvalue weighted by Crippen LogP contribution is -2.34. The van der Waals surface area contributed by atoms with E-state index in [0.717, 1.165) is 16.8 Å². The van der Waals surface area contributed by atoms with Crippen LogP contribution in [0, 0.1) is 5.92 Å². The highest BCUT2D eigenvalue weighted by atomic mass is 32.1. The number of methoxy groups -OCH3 is 1. The van der Waals surface area contributed by atoms with Gasteiger partial charge in [0.2, 0.25) is 0 Å². The van der Waals surface area contributed by atoms with Crippen molar-refractivity contribution in [2.75, 3.05) is 25.6 Å². The number of ether oxygens (including phenoxy) is 1. The molecule has 1 atom stereocenters. The van der Waals surface area contributed by atoms with Crippen molar-refractivity contribution in [3.63, 3.8) is 0 Å². The standard InChI is InChI=1S/C20H22N4O4S/c1-28-18-5-4-13(8-17(18)26)7-14(11-25)9-22-19(27)24-20-23-16(12-29-20)15-3-2-6-21-10-15/h2-6,8,10,12,14,25-26H,7,9,11H2,1H3,(H2,22,23,24,27). The molecular weight excluding hydrogens is 392 g/mol. The number of rotatable bonds is 8. The molecule has 1 aromatic carbocycles. The summed E-state index contributed by atoms with van der Waals surface area (Å²) in [5.41, 5.74) is 2.46. The molecular formula is C20H22N4O4S. The highest BCUT2D eigenvalue weighted by molar-refractivity contribution is 7.14. The summed E-state index contributed by atoms with van der Waals surface area (Å²) in [7, 11) is 1.48. The van der Waals surface area contributed by atoms with Crippen LogP contribution < -0.4 is 15.4 Å². The van der Waals surface area contributed by atoms with Crippen LogP contribution in [0.5, 0.6) is 11.5 Å². The number of anilines is 1. The Morgan fingerprint density at radius 1 is 1.34 bits per heavy atom. The number of nitrogens with one attached hydrogen (secondary N) is 2. The number of aliphatic hydroxyl groups is 1. The fourth-order valence-corrected chi connectivity index (χ4v) is 3.47. The molecule has 2 amide bonds. The number of aromatic hydroxyl groups is 1. The second kappa shape index (κ2) is 9.85. The van der Waals surface area contributed by atoms with Gasteiger partial charge in [-0.25, -0.2) is 9.78 Å². The normalized spacial score (nSPS) is 11.7. The van der Waals surface area contributed by atoms with E-state index in [2.05, 4.69) is 20.6 Å². The second-order valence-electron chi connectivity index (χ2n) is 6.37. The molecule has 8 nitrogen and oxygen atoms in total. The van der Waals surface area contributed by atoms with Crippen LogP contribution in [0.4, 0.5) is 9.93 Å². The van der Waals surface area contributed by atoms with Crippen LogP contribution >= 0.6 is 11.3 Å². The van der Waals surface area contributed by atoms with Crippen molar-refractivity contribution in [1.29, 1.82) is 0 Å². The number of aromatic nitrogens is 2. The molecule has 0 aliphatic heterocycles. The third-order valence-corrected chi connectivity index (χ3v) is 5.02. The summed E-state index contributed by atoms with van der Waals surface area (Å²) in [5.74, 6) is 0.234. The first-order valence-electron chi connectivity index (χ1n) is 8.96. The Bertz CT molecular complexity index is 949. The van der Waals surface area contributed by atoms with Crippen LogP contribution in [-0.2, 0) is 6.42 Å². The van der Waals surface area contributed by atoms with Crippen molar-refractivity contribution < 1.29 is 19.7 Å². The van der Waals surface area contributed by atoms with Crippen LogP contribution in [0.2, 0.25) is 0 Å². The van der Waals surface area contributed by atoms with Gasteiger partial charge in [0.15, 0.2) is 16.6 Å². The van der Waals surface area contributed by atoms with Crippen LogP contribution in [0.15, 0.2) is 48.1 Å². The van der Waals surface area contributed by atoms with Gasteiger partial charge < -0.3 is 20.3 Å². The Hall–Kier alpha value is -3.17. The molecule has 0 saturated carbocycles. The largest absolute Gasteiger partial charge is 0.504 e. The zero-order valence-corrected chi connectivity index (χ0v) is 16.6. The fraction of sp³-hybridized carbons (Fsp3) is 0.250. The number of pyridine rings is 1. The van der Waals surface area contributed by atoms with Gasteiger partial charge in [0.1, 0.15) is 0 Å². The van der Waals surface area contributed by atoms with E-state index in [-0.39, 0.29) is 24.8 Å². The minimum absolute atomic E-state index is 0.0422. The van der Waals surface area contributed by atoms with Crippen LogP contribution in [0.25, 0.3) is 11.3 Å². The lowest BCUT2D eigenvalue weighted by atomic mass is 9.99. The van der Waals surface area contributed by atoms with Gasteiger partial charge in [-0.3, -0.25) is 10.3 Å². The molecule has 3 rings (SSSR count).